The molecule has 0 saturated carbocycles. The van der Waals surface area contributed by atoms with Crippen molar-refractivity contribution >= 4 is 28.7 Å². The zero-order valence-corrected chi connectivity index (χ0v) is 16.6. The molecule has 148 valence electrons. The Hall–Kier alpha value is -1.12. The Bertz CT molecular complexity index is 475. The summed E-state index contributed by atoms with van der Waals surface area (Å²) in [6, 6.07) is 0. The van der Waals surface area contributed by atoms with Gasteiger partial charge in [0.05, 0.1) is 19.8 Å². The van der Waals surface area contributed by atoms with Gasteiger partial charge < -0.3 is 14.5 Å². The van der Waals surface area contributed by atoms with Crippen LogP contribution in [0.5, 0.6) is 0 Å². The molecule has 2 fully saturated rings. The molecule has 0 aromatic heterocycles. The Morgan fingerprint density at radius 3 is 2.08 bits per heavy atom. The first-order valence-electron chi connectivity index (χ1n) is 9.55. The van der Waals surface area contributed by atoms with Crippen molar-refractivity contribution in [1.29, 1.82) is 0 Å². The van der Waals surface area contributed by atoms with Crippen molar-refractivity contribution in [1.82, 2.24) is 14.7 Å². The predicted molar refractivity (Wildman–Crippen MR) is 102 cm³/mol. The molecule has 2 amide bonds. The number of rotatable bonds is 8. The summed E-state index contributed by atoms with van der Waals surface area (Å²) in [7, 11) is 0. The molecule has 0 unspecified atom stereocenters. The minimum atomic E-state index is 0.155. The molecule has 0 N–H and O–H groups in total. The van der Waals surface area contributed by atoms with Gasteiger partial charge in [-0.25, -0.2) is 0 Å². The SMILES string of the molecule is CC(=O)SCCCCCC(=O)N1CCN(C(=O)CN2CCOCC2)CC1. The molecule has 7 nitrogen and oxygen atoms in total. The third-order valence-electron chi connectivity index (χ3n) is 4.79. The summed E-state index contributed by atoms with van der Waals surface area (Å²) < 4.78 is 5.30. The van der Waals surface area contributed by atoms with Crippen molar-refractivity contribution in [3.63, 3.8) is 0 Å². The number of ether oxygens (including phenoxy) is 1. The predicted octanol–water partition coefficient (Wildman–Crippen LogP) is 0.830. The Morgan fingerprint density at radius 1 is 0.846 bits per heavy atom. The van der Waals surface area contributed by atoms with Crippen LogP contribution in [0.2, 0.25) is 0 Å². The molecule has 0 radical (unpaired) electrons. The lowest BCUT2D eigenvalue weighted by atomic mass is 10.2. The molecular weight excluding hydrogens is 354 g/mol. The monoisotopic (exact) mass is 385 g/mol. The van der Waals surface area contributed by atoms with E-state index in [9.17, 15) is 14.4 Å². The molecular formula is C18H31N3O4S. The van der Waals surface area contributed by atoms with Crippen LogP contribution in [0.3, 0.4) is 0 Å². The van der Waals surface area contributed by atoms with Crippen LogP contribution in [0.1, 0.15) is 32.6 Å². The van der Waals surface area contributed by atoms with Crippen molar-refractivity contribution in [2.75, 3.05) is 64.8 Å². The van der Waals surface area contributed by atoms with Crippen LogP contribution < -0.4 is 0 Å². The fraction of sp³-hybridized carbons (Fsp3) is 0.833. The summed E-state index contributed by atoms with van der Waals surface area (Å²) in [6.45, 7) is 7.58. The molecule has 2 rings (SSSR count). The molecule has 26 heavy (non-hydrogen) atoms. The lowest BCUT2D eigenvalue weighted by molar-refractivity contribution is -0.140. The average molecular weight is 386 g/mol. The van der Waals surface area contributed by atoms with Crippen molar-refractivity contribution in [3.05, 3.63) is 0 Å². The van der Waals surface area contributed by atoms with Crippen LogP contribution in [-0.4, -0.2) is 96.4 Å². The summed E-state index contributed by atoms with van der Waals surface area (Å²) in [5, 5.41) is 0.155. The summed E-state index contributed by atoms with van der Waals surface area (Å²) in [5.41, 5.74) is 0. The largest absolute Gasteiger partial charge is 0.379 e. The third kappa shape index (κ3) is 7.63. The number of thioether (sulfide) groups is 1. The van der Waals surface area contributed by atoms with Gasteiger partial charge in [0.1, 0.15) is 0 Å². The molecule has 0 spiro atoms. The maximum absolute atomic E-state index is 12.4. The van der Waals surface area contributed by atoms with E-state index >= 15 is 0 Å². The first kappa shape index (κ1) is 21.2. The standard InChI is InChI=1S/C18H31N3O4S/c1-16(22)26-14-4-2-3-5-17(23)20-6-8-21(9-7-20)18(24)15-19-10-12-25-13-11-19/h2-15H2,1H3. The van der Waals surface area contributed by atoms with Gasteiger partial charge in [0, 0.05) is 58.4 Å². The quantitative estimate of drug-likeness (QED) is 0.577. The number of carbonyl (C=O) groups excluding carboxylic acids is 3. The van der Waals surface area contributed by atoms with Gasteiger partial charge in [-0.2, -0.15) is 0 Å². The van der Waals surface area contributed by atoms with E-state index in [1.165, 1.54) is 11.8 Å². The van der Waals surface area contributed by atoms with Crippen molar-refractivity contribution in [2.45, 2.75) is 32.6 Å². The number of morpholine rings is 1. The van der Waals surface area contributed by atoms with E-state index in [2.05, 4.69) is 4.90 Å². The van der Waals surface area contributed by atoms with E-state index in [0.29, 0.717) is 52.4 Å². The number of hydrogen-bond donors (Lipinski definition) is 0. The highest BCUT2D eigenvalue weighted by Gasteiger charge is 2.25. The van der Waals surface area contributed by atoms with Crippen LogP contribution in [0.25, 0.3) is 0 Å². The van der Waals surface area contributed by atoms with Crippen LogP contribution in [0, 0.1) is 0 Å². The maximum Gasteiger partial charge on any atom is 0.236 e. The van der Waals surface area contributed by atoms with Crippen molar-refractivity contribution < 1.29 is 19.1 Å². The summed E-state index contributed by atoms with van der Waals surface area (Å²) >= 11 is 1.35. The number of amides is 2. The Labute approximate surface area is 160 Å². The lowest BCUT2D eigenvalue weighted by Crippen LogP contribution is -2.53. The molecule has 0 atom stereocenters. The van der Waals surface area contributed by atoms with Gasteiger partial charge in [-0.05, 0) is 12.8 Å². The van der Waals surface area contributed by atoms with Crippen LogP contribution in [0.4, 0.5) is 0 Å². The minimum absolute atomic E-state index is 0.155. The first-order valence-corrected chi connectivity index (χ1v) is 10.5. The molecule has 0 aliphatic carbocycles. The number of hydrogen-bond acceptors (Lipinski definition) is 6. The van der Waals surface area contributed by atoms with Gasteiger partial charge in [-0.1, -0.05) is 18.2 Å². The minimum Gasteiger partial charge on any atom is -0.379 e. The van der Waals surface area contributed by atoms with Crippen LogP contribution >= 0.6 is 11.8 Å². The summed E-state index contributed by atoms with van der Waals surface area (Å²) in [4.78, 5) is 41.4. The average Bonchev–Trinajstić information content (AvgIpc) is 2.65. The number of nitrogens with zero attached hydrogens (tertiary/aromatic N) is 3. The van der Waals surface area contributed by atoms with Gasteiger partial charge in [-0.3, -0.25) is 19.3 Å². The third-order valence-corrected chi connectivity index (χ3v) is 5.69. The zero-order valence-electron chi connectivity index (χ0n) is 15.8. The maximum atomic E-state index is 12.4. The van der Waals surface area contributed by atoms with Crippen LogP contribution in [0.15, 0.2) is 0 Å². The van der Waals surface area contributed by atoms with E-state index in [1.54, 1.807) is 6.92 Å². The van der Waals surface area contributed by atoms with E-state index in [-0.39, 0.29) is 16.9 Å². The molecule has 2 heterocycles. The molecule has 2 aliphatic rings. The molecule has 8 heteroatoms. The zero-order chi connectivity index (χ0) is 18.8. The molecule has 0 bridgehead atoms. The van der Waals surface area contributed by atoms with E-state index in [1.807, 2.05) is 9.80 Å². The Morgan fingerprint density at radius 2 is 1.46 bits per heavy atom. The highest BCUT2D eigenvalue weighted by molar-refractivity contribution is 8.13. The van der Waals surface area contributed by atoms with Crippen LogP contribution in [-0.2, 0) is 19.1 Å². The number of unbranched alkanes of at least 4 members (excludes halogenated alkanes) is 2. The van der Waals surface area contributed by atoms with Gasteiger partial charge in [-0.15, -0.1) is 0 Å². The van der Waals surface area contributed by atoms with Gasteiger partial charge in [0.15, 0.2) is 5.12 Å². The highest BCUT2D eigenvalue weighted by Crippen LogP contribution is 2.11. The molecule has 0 aromatic rings. The fourth-order valence-corrected chi connectivity index (χ4v) is 3.82. The Kier molecular flexibility index (Phi) is 9.42. The number of piperazine rings is 1. The van der Waals surface area contributed by atoms with E-state index in [4.69, 9.17) is 4.74 Å². The van der Waals surface area contributed by atoms with Gasteiger partial charge in [0.25, 0.3) is 0 Å². The number of carbonyl (C=O) groups is 3. The smallest absolute Gasteiger partial charge is 0.236 e. The van der Waals surface area contributed by atoms with Crippen molar-refractivity contribution in [2.24, 2.45) is 0 Å². The van der Waals surface area contributed by atoms with Crippen molar-refractivity contribution in [3.8, 4) is 0 Å². The fourth-order valence-electron chi connectivity index (χ4n) is 3.18. The second kappa shape index (κ2) is 11.6. The molecule has 0 aromatic carbocycles. The Balaban J connectivity index is 1.57. The van der Waals surface area contributed by atoms with E-state index in [0.717, 1.165) is 38.1 Å². The van der Waals surface area contributed by atoms with E-state index < -0.39 is 0 Å². The highest BCUT2D eigenvalue weighted by atomic mass is 32.2. The first-order chi connectivity index (χ1) is 12.6. The summed E-state index contributed by atoms with van der Waals surface area (Å²) in [6.07, 6.45) is 3.38. The second-order valence-corrected chi connectivity index (χ2v) is 8.07. The normalized spacial score (nSPS) is 18.8. The topological polar surface area (TPSA) is 70.2 Å². The second-order valence-electron chi connectivity index (χ2n) is 6.80. The summed E-state index contributed by atoms with van der Waals surface area (Å²) in [5.74, 6) is 1.18. The van der Waals surface area contributed by atoms with Gasteiger partial charge >= 0.3 is 0 Å². The molecule has 2 saturated heterocycles. The van der Waals surface area contributed by atoms with Gasteiger partial charge in [0.2, 0.25) is 11.8 Å². The molecule has 2 aliphatic heterocycles. The lowest BCUT2D eigenvalue weighted by Gasteiger charge is -2.36.